The van der Waals surface area contributed by atoms with E-state index >= 15 is 0 Å². The molecule has 0 spiro atoms. The van der Waals surface area contributed by atoms with Crippen LogP contribution in [-0.4, -0.2) is 31.4 Å². The SMILES string of the molecule is Cc1cc(F)cc(NC2(C(N)=O)CCS(=O)(=O)C2)c1. The summed E-state index contributed by atoms with van der Waals surface area (Å²) < 4.78 is 36.4. The van der Waals surface area contributed by atoms with Gasteiger partial charge in [-0.2, -0.15) is 0 Å². The van der Waals surface area contributed by atoms with E-state index in [9.17, 15) is 17.6 Å². The number of amides is 1. The maximum atomic E-state index is 13.3. The minimum absolute atomic E-state index is 0.0974. The van der Waals surface area contributed by atoms with Crippen molar-refractivity contribution in [2.75, 3.05) is 16.8 Å². The molecule has 1 unspecified atom stereocenters. The molecule has 0 radical (unpaired) electrons. The van der Waals surface area contributed by atoms with Gasteiger partial charge in [-0.25, -0.2) is 12.8 Å². The molecule has 0 bridgehead atoms. The zero-order chi connectivity index (χ0) is 14.3. The number of sulfone groups is 1. The molecule has 1 saturated heterocycles. The summed E-state index contributed by atoms with van der Waals surface area (Å²) in [5, 5.41) is 2.80. The fourth-order valence-electron chi connectivity index (χ4n) is 2.29. The fraction of sp³-hybridized carbons (Fsp3) is 0.417. The van der Waals surface area contributed by atoms with Gasteiger partial charge in [0.15, 0.2) is 9.84 Å². The van der Waals surface area contributed by atoms with E-state index in [0.29, 0.717) is 11.3 Å². The lowest BCUT2D eigenvalue weighted by Crippen LogP contribution is -2.51. The van der Waals surface area contributed by atoms with Gasteiger partial charge in [-0.3, -0.25) is 4.79 Å². The van der Waals surface area contributed by atoms with Gasteiger partial charge in [0, 0.05) is 5.69 Å². The van der Waals surface area contributed by atoms with Crippen molar-refractivity contribution in [1.29, 1.82) is 0 Å². The number of rotatable bonds is 3. The minimum Gasteiger partial charge on any atom is -0.370 e. The largest absolute Gasteiger partial charge is 0.370 e. The molecule has 0 saturated carbocycles. The summed E-state index contributed by atoms with van der Waals surface area (Å²) in [5.74, 6) is -1.65. The summed E-state index contributed by atoms with van der Waals surface area (Å²) in [5.41, 5.74) is 4.99. The summed E-state index contributed by atoms with van der Waals surface area (Å²) in [4.78, 5) is 11.6. The number of hydrogen-bond acceptors (Lipinski definition) is 4. The maximum Gasteiger partial charge on any atom is 0.244 e. The third-order valence-corrected chi connectivity index (χ3v) is 4.96. The minimum atomic E-state index is -3.30. The van der Waals surface area contributed by atoms with E-state index in [2.05, 4.69) is 5.32 Å². The van der Waals surface area contributed by atoms with E-state index in [1.165, 1.54) is 12.1 Å². The number of carbonyl (C=O) groups is 1. The number of aryl methyl sites for hydroxylation is 1. The molecule has 5 nitrogen and oxygen atoms in total. The summed E-state index contributed by atoms with van der Waals surface area (Å²) in [6.45, 7) is 1.70. The molecule has 1 fully saturated rings. The number of halogens is 1. The summed E-state index contributed by atoms with van der Waals surface area (Å²) in [7, 11) is -3.30. The van der Waals surface area contributed by atoms with Crippen LogP contribution in [0.15, 0.2) is 18.2 Å². The molecule has 104 valence electrons. The molecule has 1 aromatic carbocycles. The maximum absolute atomic E-state index is 13.3. The Bertz CT molecular complexity index is 610. The van der Waals surface area contributed by atoms with Crippen molar-refractivity contribution in [3.05, 3.63) is 29.6 Å². The zero-order valence-corrected chi connectivity index (χ0v) is 11.3. The molecule has 1 amide bonds. The first-order valence-corrected chi connectivity index (χ1v) is 7.60. The Kier molecular flexibility index (Phi) is 3.25. The first-order chi connectivity index (χ1) is 8.72. The van der Waals surface area contributed by atoms with E-state index in [1.54, 1.807) is 13.0 Å². The molecule has 1 heterocycles. The van der Waals surface area contributed by atoms with Crippen LogP contribution >= 0.6 is 0 Å². The molecule has 1 aliphatic rings. The van der Waals surface area contributed by atoms with E-state index < -0.39 is 27.1 Å². The lowest BCUT2D eigenvalue weighted by Gasteiger charge is -2.26. The highest BCUT2D eigenvalue weighted by Gasteiger charge is 2.47. The Morgan fingerprint density at radius 2 is 2.11 bits per heavy atom. The second kappa shape index (κ2) is 4.48. The van der Waals surface area contributed by atoms with Crippen LogP contribution in [-0.2, 0) is 14.6 Å². The van der Waals surface area contributed by atoms with Crippen LogP contribution in [0.3, 0.4) is 0 Å². The number of primary amides is 1. The zero-order valence-electron chi connectivity index (χ0n) is 10.4. The van der Waals surface area contributed by atoms with Crippen LogP contribution in [0.4, 0.5) is 10.1 Å². The van der Waals surface area contributed by atoms with Gasteiger partial charge in [0.1, 0.15) is 11.4 Å². The van der Waals surface area contributed by atoms with E-state index in [1.807, 2.05) is 0 Å². The standard InChI is InChI=1S/C12H15FN2O3S/c1-8-4-9(13)6-10(5-8)15-12(11(14)16)2-3-19(17,18)7-12/h4-6,15H,2-3,7H2,1H3,(H2,14,16). The van der Waals surface area contributed by atoms with Crippen LogP contribution in [0.5, 0.6) is 0 Å². The molecule has 19 heavy (non-hydrogen) atoms. The van der Waals surface area contributed by atoms with Gasteiger partial charge in [0.05, 0.1) is 11.5 Å². The Balaban J connectivity index is 2.35. The Labute approximate surface area is 110 Å². The van der Waals surface area contributed by atoms with E-state index in [4.69, 9.17) is 5.73 Å². The molecule has 0 aliphatic carbocycles. The quantitative estimate of drug-likeness (QED) is 0.851. The first-order valence-electron chi connectivity index (χ1n) is 5.78. The molecule has 3 N–H and O–H groups in total. The normalized spacial score (nSPS) is 25.2. The van der Waals surface area contributed by atoms with Crippen LogP contribution in [0, 0.1) is 12.7 Å². The molecular weight excluding hydrogens is 271 g/mol. The van der Waals surface area contributed by atoms with Crippen LogP contribution in [0.1, 0.15) is 12.0 Å². The number of carbonyl (C=O) groups excluding carboxylic acids is 1. The van der Waals surface area contributed by atoms with Crippen molar-refractivity contribution in [3.8, 4) is 0 Å². The first kappa shape index (κ1) is 13.8. The molecule has 2 rings (SSSR count). The van der Waals surface area contributed by atoms with Crippen LogP contribution < -0.4 is 11.1 Å². The van der Waals surface area contributed by atoms with Gasteiger partial charge in [-0.1, -0.05) is 0 Å². The van der Waals surface area contributed by atoms with Gasteiger partial charge in [-0.15, -0.1) is 0 Å². The van der Waals surface area contributed by atoms with Crippen LogP contribution in [0.2, 0.25) is 0 Å². The molecule has 1 aromatic rings. The second-order valence-corrected chi connectivity index (χ2v) is 7.11. The topological polar surface area (TPSA) is 89.3 Å². The Hall–Kier alpha value is -1.63. The number of benzene rings is 1. The van der Waals surface area contributed by atoms with E-state index in [-0.39, 0.29) is 17.9 Å². The van der Waals surface area contributed by atoms with Crippen molar-refractivity contribution < 1.29 is 17.6 Å². The number of hydrogen-bond donors (Lipinski definition) is 2. The fourth-order valence-corrected chi connectivity index (χ4v) is 4.20. The highest BCUT2D eigenvalue weighted by Crippen LogP contribution is 2.28. The monoisotopic (exact) mass is 286 g/mol. The average Bonchev–Trinajstić information content (AvgIpc) is 2.53. The second-order valence-electron chi connectivity index (χ2n) is 4.93. The molecular formula is C12H15FN2O3S. The number of anilines is 1. The molecule has 7 heteroatoms. The number of nitrogens with two attached hydrogens (primary N) is 1. The van der Waals surface area contributed by atoms with Gasteiger partial charge < -0.3 is 11.1 Å². The predicted molar refractivity (Wildman–Crippen MR) is 70.0 cm³/mol. The molecule has 1 atom stereocenters. The van der Waals surface area contributed by atoms with Crippen molar-refractivity contribution in [2.24, 2.45) is 5.73 Å². The summed E-state index contributed by atoms with van der Waals surface area (Å²) >= 11 is 0. The predicted octanol–water partition coefficient (Wildman–Crippen LogP) is 0.589. The third-order valence-electron chi connectivity index (χ3n) is 3.20. The van der Waals surface area contributed by atoms with Crippen LogP contribution in [0.25, 0.3) is 0 Å². The van der Waals surface area contributed by atoms with E-state index in [0.717, 1.165) is 0 Å². The summed E-state index contributed by atoms with van der Waals surface area (Å²) in [6, 6.07) is 4.19. The van der Waals surface area contributed by atoms with Gasteiger partial charge in [0.25, 0.3) is 0 Å². The van der Waals surface area contributed by atoms with Gasteiger partial charge in [0.2, 0.25) is 5.91 Å². The van der Waals surface area contributed by atoms with Crippen molar-refractivity contribution in [1.82, 2.24) is 0 Å². The Morgan fingerprint density at radius 3 is 2.58 bits per heavy atom. The highest BCUT2D eigenvalue weighted by atomic mass is 32.2. The van der Waals surface area contributed by atoms with Crippen molar-refractivity contribution >= 4 is 21.4 Å². The van der Waals surface area contributed by atoms with Gasteiger partial charge in [-0.05, 0) is 37.1 Å². The average molecular weight is 286 g/mol. The lowest BCUT2D eigenvalue weighted by atomic mass is 9.97. The highest BCUT2D eigenvalue weighted by molar-refractivity contribution is 7.91. The van der Waals surface area contributed by atoms with Crippen molar-refractivity contribution in [3.63, 3.8) is 0 Å². The molecule has 0 aromatic heterocycles. The third kappa shape index (κ3) is 2.86. The van der Waals surface area contributed by atoms with Crippen molar-refractivity contribution in [2.45, 2.75) is 18.9 Å². The lowest BCUT2D eigenvalue weighted by molar-refractivity contribution is -0.121. The molecule has 1 aliphatic heterocycles. The summed E-state index contributed by atoms with van der Waals surface area (Å²) in [6.07, 6.45) is 0.0974. The number of nitrogens with one attached hydrogen (secondary N) is 1. The smallest absolute Gasteiger partial charge is 0.244 e. The Morgan fingerprint density at radius 1 is 1.42 bits per heavy atom. The van der Waals surface area contributed by atoms with Gasteiger partial charge >= 0.3 is 0 Å².